The Morgan fingerprint density at radius 1 is 0.912 bits per heavy atom. The van der Waals surface area contributed by atoms with Gasteiger partial charge in [-0.2, -0.15) is 0 Å². The fourth-order valence-electron chi connectivity index (χ4n) is 4.18. The van der Waals surface area contributed by atoms with E-state index < -0.39 is 24.3 Å². The van der Waals surface area contributed by atoms with Crippen LogP contribution in [0.3, 0.4) is 0 Å². The van der Waals surface area contributed by atoms with Gasteiger partial charge in [-0.3, -0.25) is 9.59 Å². The van der Waals surface area contributed by atoms with Gasteiger partial charge < -0.3 is 20.1 Å². The van der Waals surface area contributed by atoms with E-state index in [1.807, 2.05) is 28.8 Å². The fourth-order valence-corrected chi connectivity index (χ4v) is 4.18. The van der Waals surface area contributed by atoms with Crippen LogP contribution in [0, 0.1) is 6.92 Å². The van der Waals surface area contributed by atoms with Gasteiger partial charge >= 0.3 is 5.97 Å². The number of fused-ring (bicyclic) bond motifs is 1. The second-order valence-electron chi connectivity index (χ2n) is 7.95. The number of amides is 1. The van der Waals surface area contributed by atoms with Gasteiger partial charge in [0, 0.05) is 12.2 Å². The monoisotopic (exact) mass is 456 g/mol. The van der Waals surface area contributed by atoms with E-state index in [0.29, 0.717) is 29.6 Å². The lowest BCUT2D eigenvalue weighted by Crippen LogP contribution is -2.24. The van der Waals surface area contributed by atoms with Gasteiger partial charge in [0.15, 0.2) is 6.61 Å². The maximum atomic E-state index is 12.7. The normalized spacial score (nSPS) is 10.9. The number of ketones is 1. The largest absolute Gasteiger partial charge is 0.481 e. The number of carboxylic acid groups (broad SMARTS) is 1. The zero-order valence-corrected chi connectivity index (χ0v) is 18.7. The van der Waals surface area contributed by atoms with E-state index in [4.69, 9.17) is 15.6 Å². The van der Waals surface area contributed by atoms with Crippen molar-refractivity contribution in [2.24, 2.45) is 5.73 Å². The molecule has 0 radical (unpaired) electrons. The zero-order chi connectivity index (χ0) is 24.2. The summed E-state index contributed by atoms with van der Waals surface area (Å²) in [7, 11) is 0. The van der Waals surface area contributed by atoms with E-state index in [1.165, 1.54) is 0 Å². The molecule has 1 heterocycles. The highest BCUT2D eigenvalue weighted by Gasteiger charge is 2.26. The summed E-state index contributed by atoms with van der Waals surface area (Å²) in [4.78, 5) is 35.4. The first-order valence-corrected chi connectivity index (χ1v) is 10.8. The van der Waals surface area contributed by atoms with E-state index in [1.54, 1.807) is 19.1 Å². The minimum Gasteiger partial charge on any atom is -0.481 e. The molecule has 1 aromatic heterocycles. The summed E-state index contributed by atoms with van der Waals surface area (Å²) in [5.41, 5.74) is 10.1. The fraction of sp³-hybridized carbons (Fsp3) is 0.148. The number of nitrogens with two attached hydrogens (primary N) is 1. The average Bonchev–Trinajstić information content (AvgIpc) is 3.13. The number of aromatic nitrogens is 1. The van der Waals surface area contributed by atoms with Crippen LogP contribution >= 0.6 is 0 Å². The highest BCUT2D eigenvalue weighted by Crippen LogP contribution is 2.34. The Kier molecular flexibility index (Phi) is 6.45. The molecule has 4 rings (SSSR count). The lowest BCUT2D eigenvalue weighted by atomic mass is 10.0. The quantitative estimate of drug-likeness (QED) is 0.292. The van der Waals surface area contributed by atoms with Gasteiger partial charge in [-0.15, -0.1) is 0 Å². The number of aryl methyl sites for hydroxylation is 2. The Hall–Kier alpha value is -4.39. The van der Waals surface area contributed by atoms with Gasteiger partial charge in [0.2, 0.25) is 0 Å². The minimum atomic E-state index is -1.14. The molecule has 0 saturated carbocycles. The minimum absolute atomic E-state index is 0.142. The maximum Gasteiger partial charge on any atom is 0.341 e. The number of carbonyl (C=O) groups excluding carboxylic acids is 2. The van der Waals surface area contributed by atoms with Gasteiger partial charge in [0.25, 0.3) is 11.7 Å². The summed E-state index contributed by atoms with van der Waals surface area (Å²) >= 11 is 0. The molecule has 3 aromatic carbocycles. The molecule has 4 aromatic rings. The molecule has 0 fully saturated rings. The zero-order valence-electron chi connectivity index (χ0n) is 18.7. The number of ether oxygens (including phenoxy) is 1. The molecule has 0 saturated heterocycles. The first-order valence-electron chi connectivity index (χ1n) is 10.8. The standard InChI is InChI=1S/C27H24N2O5/c1-17-24(26(32)27(28)33)25-21(8-5-9-22(25)34-16-23(30)31)29(17)15-14-18-10-12-20(13-11-18)19-6-3-2-4-7-19/h2-13H,14-16H2,1H3,(H2,28,33)(H,30,31). The molecule has 0 unspecified atom stereocenters. The predicted octanol–water partition coefficient (Wildman–Crippen LogP) is 3.99. The summed E-state index contributed by atoms with van der Waals surface area (Å²) in [6.45, 7) is 1.72. The number of carbonyl (C=O) groups is 3. The van der Waals surface area contributed by atoms with Crippen molar-refractivity contribution in [2.75, 3.05) is 6.61 Å². The number of carboxylic acids is 1. The average molecular weight is 456 g/mol. The van der Waals surface area contributed by atoms with Crippen molar-refractivity contribution in [1.82, 2.24) is 4.57 Å². The van der Waals surface area contributed by atoms with Crippen LogP contribution in [0.15, 0.2) is 72.8 Å². The Bertz CT molecular complexity index is 1370. The van der Waals surface area contributed by atoms with Crippen LogP contribution in [0.5, 0.6) is 5.75 Å². The van der Waals surface area contributed by atoms with Crippen LogP contribution in [0.2, 0.25) is 0 Å². The van der Waals surface area contributed by atoms with Crippen molar-refractivity contribution in [3.63, 3.8) is 0 Å². The van der Waals surface area contributed by atoms with Gasteiger partial charge in [0.05, 0.1) is 16.5 Å². The van der Waals surface area contributed by atoms with Gasteiger partial charge in [-0.25, -0.2) is 4.79 Å². The van der Waals surface area contributed by atoms with E-state index in [2.05, 4.69) is 36.4 Å². The van der Waals surface area contributed by atoms with Crippen LogP contribution in [0.4, 0.5) is 0 Å². The number of rotatable bonds is 9. The number of benzene rings is 3. The molecule has 0 aliphatic carbocycles. The summed E-state index contributed by atoms with van der Waals surface area (Å²) in [5.74, 6) is -2.83. The molecule has 172 valence electrons. The molecule has 0 aliphatic heterocycles. The molecule has 1 amide bonds. The number of primary amides is 1. The third kappa shape index (κ3) is 4.54. The van der Waals surface area contributed by atoms with Crippen molar-refractivity contribution in [1.29, 1.82) is 0 Å². The van der Waals surface area contributed by atoms with E-state index >= 15 is 0 Å². The number of hydrogen-bond donors (Lipinski definition) is 2. The van der Waals surface area contributed by atoms with E-state index in [0.717, 1.165) is 16.7 Å². The highest BCUT2D eigenvalue weighted by atomic mass is 16.5. The third-order valence-electron chi connectivity index (χ3n) is 5.80. The van der Waals surface area contributed by atoms with Crippen LogP contribution < -0.4 is 10.5 Å². The summed E-state index contributed by atoms with van der Waals surface area (Å²) in [5, 5.41) is 9.40. The highest BCUT2D eigenvalue weighted by molar-refractivity contribution is 6.45. The smallest absolute Gasteiger partial charge is 0.341 e. The predicted molar refractivity (Wildman–Crippen MR) is 129 cm³/mol. The Labute approximate surface area is 196 Å². The lowest BCUT2D eigenvalue weighted by molar-refractivity contribution is -0.139. The number of hydrogen-bond acceptors (Lipinski definition) is 4. The van der Waals surface area contributed by atoms with Crippen LogP contribution in [0.25, 0.3) is 22.0 Å². The van der Waals surface area contributed by atoms with Crippen molar-refractivity contribution < 1.29 is 24.2 Å². The lowest BCUT2D eigenvalue weighted by Gasteiger charge is -2.10. The summed E-state index contributed by atoms with van der Waals surface area (Å²) in [6.07, 6.45) is 0.685. The molecule has 0 atom stereocenters. The van der Waals surface area contributed by atoms with Crippen LogP contribution in [0.1, 0.15) is 21.6 Å². The topological polar surface area (TPSA) is 112 Å². The number of nitrogens with zero attached hydrogens (tertiary/aromatic N) is 1. The van der Waals surface area contributed by atoms with Gasteiger partial charge in [-0.05, 0) is 42.2 Å². The van der Waals surface area contributed by atoms with Crippen LogP contribution in [-0.2, 0) is 22.6 Å². The van der Waals surface area contributed by atoms with Crippen molar-refractivity contribution in [3.05, 3.63) is 89.6 Å². The van der Waals surface area contributed by atoms with Crippen molar-refractivity contribution in [2.45, 2.75) is 19.9 Å². The third-order valence-corrected chi connectivity index (χ3v) is 5.80. The number of aliphatic carboxylic acids is 1. The first-order chi connectivity index (χ1) is 16.4. The Morgan fingerprint density at radius 3 is 2.24 bits per heavy atom. The second kappa shape index (κ2) is 9.62. The van der Waals surface area contributed by atoms with E-state index in [-0.39, 0.29) is 11.3 Å². The molecule has 7 heteroatoms. The second-order valence-corrected chi connectivity index (χ2v) is 7.95. The molecule has 0 aliphatic rings. The van der Waals surface area contributed by atoms with Gasteiger partial charge in [0.1, 0.15) is 5.75 Å². The van der Waals surface area contributed by atoms with Crippen molar-refractivity contribution >= 4 is 28.6 Å². The Morgan fingerprint density at radius 2 is 1.59 bits per heavy atom. The SMILES string of the molecule is Cc1c(C(=O)C(N)=O)c2c(OCC(=O)O)cccc2n1CCc1ccc(-c2ccccc2)cc1. The Balaban J connectivity index is 1.68. The number of Topliss-reactive ketones (excluding diaryl/α,β-unsaturated/α-hetero) is 1. The molecule has 34 heavy (non-hydrogen) atoms. The summed E-state index contributed by atoms with van der Waals surface area (Å²) < 4.78 is 7.36. The van der Waals surface area contributed by atoms with Gasteiger partial charge in [-0.1, -0.05) is 60.7 Å². The molecular formula is C27H24N2O5. The maximum absolute atomic E-state index is 12.7. The molecule has 0 bridgehead atoms. The molecule has 3 N–H and O–H groups in total. The first kappa shape index (κ1) is 22.8. The molecular weight excluding hydrogens is 432 g/mol. The molecule has 0 spiro atoms. The van der Waals surface area contributed by atoms with E-state index in [9.17, 15) is 14.4 Å². The van der Waals surface area contributed by atoms with Crippen molar-refractivity contribution in [3.8, 4) is 16.9 Å². The van der Waals surface area contributed by atoms with Crippen LogP contribution in [-0.4, -0.2) is 33.9 Å². The summed E-state index contributed by atoms with van der Waals surface area (Å²) in [6, 6.07) is 23.5. The molecule has 7 nitrogen and oxygen atoms in total.